The Morgan fingerprint density at radius 2 is 2.15 bits per heavy atom. The molecule has 1 atom stereocenters. The topological polar surface area (TPSA) is 29.3 Å². The molecule has 13 heavy (non-hydrogen) atoms. The minimum absolute atomic E-state index is 0.506. The molecule has 1 aliphatic carbocycles. The molecule has 0 bridgehead atoms. The van der Waals surface area contributed by atoms with Crippen LogP contribution in [0.5, 0.6) is 0 Å². The van der Waals surface area contributed by atoms with E-state index in [-0.39, 0.29) is 0 Å². The number of nitrogens with two attached hydrogens (primary N) is 1. The molecule has 2 fully saturated rings. The van der Waals surface area contributed by atoms with Gasteiger partial charge in [0.1, 0.15) is 0 Å². The van der Waals surface area contributed by atoms with Crippen molar-refractivity contribution in [3.05, 3.63) is 0 Å². The SMILES string of the molecule is CCC1CCCN(C2CC(N)C2)C1. The minimum Gasteiger partial charge on any atom is -0.328 e. The van der Waals surface area contributed by atoms with Crippen LogP contribution in [0.3, 0.4) is 0 Å². The summed E-state index contributed by atoms with van der Waals surface area (Å²) in [5, 5.41) is 0. The predicted molar refractivity (Wildman–Crippen MR) is 55.6 cm³/mol. The zero-order valence-electron chi connectivity index (χ0n) is 8.71. The molecule has 1 heterocycles. The van der Waals surface area contributed by atoms with Crippen molar-refractivity contribution in [3.63, 3.8) is 0 Å². The van der Waals surface area contributed by atoms with Crippen LogP contribution < -0.4 is 5.73 Å². The lowest BCUT2D eigenvalue weighted by Crippen LogP contribution is -2.53. The van der Waals surface area contributed by atoms with Gasteiger partial charge in [0, 0.05) is 18.6 Å². The van der Waals surface area contributed by atoms with Crippen molar-refractivity contribution in [3.8, 4) is 0 Å². The second-order valence-electron chi connectivity index (χ2n) is 4.80. The highest BCUT2D eigenvalue weighted by Crippen LogP contribution is 2.29. The molecule has 0 aromatic carbocycles. The van der Waals surface area contributed by atoms with Crippen molar-refractivity contribution in [2.75, 3.05) is 13.1 Å². The number of nitrogens with zero attached hydrogens (tertiary/aromatic N) is 1. The van der Waals surface area contributed by atoms with Crippen molar-refractivity contribution in [1.29, 1.82) is 0 Å². The van der Waals surface area contributed by atoms with Gasteiger partial charge >= 0.3 is 0 Å². The van der Waals surface area contributed by atoms with E-state index in [9.17, 15) is 0 Å². The Morgan fingerprint density at radius 3 is 2.77 bits per heavy atom. The van der Waals surface area contributed by atoms with Crippen LogP contribution in [0.25, 0.3) is 0 Å². The molecule has 1 unspecified atom stereocenters. The second-order valence-corrected chi connectivity index (χ2v) is 4.80. The lowest BCUT2D eigenvalue weighted by Gasteiger charge is -2.45. The lowest BCUT2D eigenvalue weighted by atomic mass is 9.83. The maximum absolute atomic E-state index is 5.82. The summed E-state index contributed by atoms with van der Waals surface area (Å²) in [6, 6.07) is 1.34. The maximum Gasteiger partial charge on any atom is 0.0125 e. The van der Waals surface area contributed by atoms with E-state index in [4.69, 9.17) is 5.73 Å². The van der Waals surface area contributed by atoms with Gasteiger partial charge in [-0.25, -0.2) is 0 Å². The third-order valence-corrected chi connectivity index (χ3v) is 3.79. The third-order valence-electron chi connectivity index (χ3n) is 3.79. The van der Waals surface area contributed by atoms with Crippen LogP contribution in [0.1, 0.15) is 39.0 Å². The van der Waals surface area contributed by atoms with Crippen LogP contribution in [0, 0.1) is 5.92 Å². The van der Waals surface area contributed by atoms with E-state index in [0.29, 0.717) is 6.04 Å². The minimum atomic E-state index is 0.506. The van der Waals surface area contributed by atoms with Crippen LogP contribution >= 0.6 is 0 Å². The molecular weight excluding hydrogens is 160 g/mol. The molecule has 2 aliphatic rings. The largest absolute Gasteiger partial charge is 0.328 e. The molecule has 0 aromatic rings. The summed E-state index contributed by atoms with van der Waals surface area (Å²) in [7, 11) is 0. The van der Waals surface area contributed by atoms with Crippen LogP contribution in [-0.2, 0) is 0 Å². The van der Waals surface area contributed by atoms with Crippen LogP contribution in [0.4, 0.5) is 0 Å². The summed E-state index contributed by atoms with van der Waals surface area (Å²) in [6.07, 6.45) is 6.71. The van der Waals surface area contributed by atoms with Gasteiger partial charge in [-0.05, 0) is 38.1 Å². The Hall–Kier alpha value is -0.0800. The molecule has 0 aromatic heterocycles. The highest BCUT2D eigenvalue weighted by atomic mass is 15.2. The van der Waals surface area contributed by atoms with E-state index in [2.05, 4.69) is 11.8 Å². The number of piperidine rings is 1. The van der Waals surface area contributed by atoms with Crippen molar-refractivity contribution < 1.29 is 0 Å². The van der Waals surface area contributed by atoms with Gasteiger partial charge < -0.3 is 5.73 Å². The summed E-state index contributed by atoms with van der Waals surface area (Å²) in [5.41, 5.74) is 5.82. The first kappa shape index (κ1) is 9.47. The molecule has 2 heteroatoms. The number of hydrogen-bond donors (Lipinski definition) is 1. The average molecular weight is 182 g/mol. The van der Waals surface area contributed by atoms with Gasteiger partial charge in [-0.15, -0.1) is 0 Å². The van der Waals surface area contributed by atoms with E-state index in [0.717, 1.165) is 12.0 Å². The van der Waals surface area contributed by atoms with Gasteiger partial charge in [0.2, 0.25) is 0 Å². The monoisotopic (exact) mass is 182 g/mol. The summed E-state index contributed by atoms with van der Waals surface area (Å²) >= 11 is 0. The maximum atomic E-state index is 5.82. The fourth-order valence-electron chi connectivity index (χ4n) is 2.69. The Bertz CT molecular complexity index is 163. The number of likely N-dealkylation sites (tertiary alicyclic amines) is 1. The van der Waals surface area contributed by atoms with Crippen molar-refractivity contribution in [1.82, 2.24) is 4.90 Å². The van der Waals surface area contributed by atoms with Gasteiger partial charge in [-0.3, -0.25) is 4.90 Å². The molecule has 2 N–H and O–H groups in total. The first-order chi connectivity index (χ1) is 6.29. The molecule has 2 rings (SSSR count). The van der Waals surface area contributed by atoms with E-state index >= 15 is 0 Å². The van der Waals surface area contributed by atoms with Crippen molar-refractivity contribution in [2.24, 2.45) is 11.7 Å². The van der Waals surface area contributed by atoms with Gasteiger partial charge in [0.25, 0.3) is 0 Å². The smallest absolute Gasteiger partial charge is 0.0125 e. The zero-order valence-corrected chi connectivity index (χ0v) is 8.71. The standard InChI is InChI=1S/C11H22N2/c1-2-9-4-3-5-13(8-9)11-6-10(12)7-11/h9-11H,2-8,12H2,1H3. The molecule has 2 nitrogen and oxygen atoms in total. The molecule has 0 radical (unpaired) electrons. The van der Waals surface area contributed by atoms with E-state index in [1.54, 1.807) is 0 Å². The summed E-state index contributed by atoms with van der Waals surface area (Å²) < 4.78 is 0. The summed E-state index contributed by atoms with van der Waals surface area (Å²) in [6.45, 7) is 4.99. The highest BCUT2D eigenvalue weighted by molar-refractivity contribution is 4.91. The molecule has 1 saturated heterocycles. The molecule has 0 amide bonds. The van der Waals surface area contributed by atoms with Crippen molar-refractivity contribution >= 4 is 0 Å². The normalized spacial score (nSPS) is 41.5. The van der Waals surface area contributed by atoms with E-state index < -0.39 is 0 Å². The van der Waals surface area contributed by atoms with Crippen LogP contribution in [-0.4, -0.2) is 30.1 Å². The third kappa shape index (κ3) is 2.05. The second kappa shape index (κ2) is 3.97. The lowest BCUT2D eigenvalue weighted by molar-refractivity contribution is 0.0647. The molecule has 76 valence electrons. The van der Waals surface area contributed by atoms with Crippen molar-refractivity contribution in [2.45, 2.75) is 51.1 Å². The molecular formula is C11H22N2. The Balaban J connectivity index is 1.79. The fraction of sp³-hybridized carbons (Fsp3) is 1.00. The first-order valence-corrected chi connectivity index (χ1v) is 5.79. The highest BCUT2D eigenvalue weighted by Gasteiger charge is 2.33. The first-order valence-electron chi connectivity index (χ1n) is 5.79. The Kier molecular flexibility index (Phi) is 2.89. The average Bonchev–Trinajstić information content (AvgIpc) is 2.13. The van der Waals surface area contributed by atoms with Gasteiger partial charge in [-0.1, -0.05) is 13.3 Å². The molecule has 1 aliphatic heterocycles. The quantitative estimate of drug-likeness (QED) is 0.703. The van der Waals surface area contributed by atoms with E-state index in [1.807, 2.05) is 0 Å². The predicted octanol–water partition coefficient (Wildman–Crippen LogP) is 1.60. The van der Waals surface area contributed by atoms with Gasteiger partial charge in [-0.2, -0.15) is 0 Å². The molecule has 0 spiro atoms. The number of hydrogen-bond acceptors (Lipinski definition) is 2. The fourth-order valence-corrected chi connectivity index (χ4v) is 2.69. The van der Waals surface area contributed by atoms with Gasteiger partial charge in [0.05, 0.1) is 0 Å². The summed E-state index contributed by atoms with van der Waals surface area (Å²) in [5.74, 6) is 0.963. The zero-order chi connectivity index (χ0) is 9.26. The van der Waals surface area contributed by atoms with Crippen LogP contribution in [0.15, 0.2) is 0 Å². The summed E-state index contributed by atoms with van der Waals surface area (Å²) in [4.78, 5) is 2.68. The van der Waals surface area contributed by atoms with Gasteiger partial charge in [0.15, 0.2) is 0 Å². The Morgan fingerprint density at radius 1 is 1.38 bits per heavy atom. The van der Waals surface area contributed by atoms with Crippen LogP contribution in [0.2, 0.25) is 0 Å². The number of rotatable bonds is 2. The molecule has 1 saturated carbocycles. The van der Waals surface area contributed by atoms with E-state index in [1.165, 1.54) is 45.2 Å². The Labute approximate surface area is 81.5 Å².